The number of hydrogen-bond donors (Lipinski definition) is 0. The van der Waals surface area contributed by atoms with Crippen LogP contribution in [-0.4, -0.2) is 42.2 Å². The lowest BCUT2D eigenvalue weighted by molar-refractivity contribution is 0.0494. The molecule has 0 aliphatic carbocycles. The second kappa shape index (κ2) is 6.88. The van der Waals surface area contributed by atoms with Gasteiger partial charge in [-0.1, -0.05) is 0 Å². The molecule has 0 saturated carbocycles. The maximum Gasteiger partial charge on any atom is 0.358 e. The standard InChI is InChI=1S/C19H22N2O4/c1-2-24-19(22)16-11-17(21(20-16)15-4-3-8-23-12-15)13-5-6-18-14(10-13)7-9-25-18/h5-6,10-11,15H,2-4,7-9,12H2,1H3. The number of nitrogens with zero attached hydrogens (tertiary/aromatic N) is 2. The van der Waals surface area contributed by atoms with Crippen LogP contribution in [-0.2, 0) is 15.9 Å². The normalized spacial score (nSPS) is 19.3. The summed E-state index contributed by atoms with van der Waals surface area (Å²) in [4.78, 5) is 12.2. The number of carbonyl (C=O) groups excluding carboxylic acids is 1. The molecule has 132 valence electrons. The number of esters is 1. The molecule has 0 amide bonds. The third-order valence-electron chi connectivity index (χ3n) is 4.69. The Kier molecular flexibility index (Phi) is 4.44. The zero-order chi connectivity index (χ0) is 17.2. The van der Waals surface area contributed by atoms with Crippen LogP contribution in [0.4, 0.5) is 0 Å². The number of carbonyl (C=O) groups is 1. The van der Waals surface area contributed by atoms with Gasteiger partial charge in [-0.15, -0.1) is 0 Å². The monoisotopic (exact) mass is 342 g/mol. The molecule has 2 aliphatic heterocycles. The molecule has 1 aromatic carbocycles. The van der Waals surface area contributed by atoms with Gasteiger partial charge in [-0.05, 0) is 49.6 Å². The molecule has 0 N–H and O–H groups in total. The van der Waals surface area contributed by atoms with E-state index in [9.17, 15) is 4.79 Å². The quantitative estimate of drug-likeness (QED) is 0.799. The van der Waals surface area contributed by atoms with E-state index in [0.717, 1.165) is 49.5 Å². The number of ether oxygens (including phenoxy) is 3. The molecule has 0 spiro atoms. The molecule has 3 heterocycles. The Balaban J connectivity index is 1.74. The first-order valence-electron chi connectivity index (χ1n) is 8.87. The SMILES string of the molecule is CCOC(=O)c1cc(-c2ccc3c(c2)CCO3)n(C2CCCOC2)n1. The second-order valence-corrected chi connectivity index (χ2v) is 6.37. The first kappa shape index (κ1) is 16.1. The van der Waals surface area contributed by atoms with Crippen LogP contribution in [0.3, 0.4) is 0 Å². The van der Waals surface area contributed by atoms with Gasteiger partial charge in [0.25, 0.3) is 0 Å². The fourth-order valence-corrected chi connectivity index (χ4v) is 3.46. The summed E-state index contributed by atoms with van der Waals surface area (Å²) in [5, 5.41) is 4.55. The van der Waals surface area contributed by atoms with Crippen molar-refractivity contribution in [2.45, 2.75) is 32.2 Å². The summed E-state index contributed by atoms with van der Waals surface area (Å²) in [6.45, 7) is 4.26. The Morgan fingerprint density at radius 1 is 1.36 bits per heavy atom. The van der Waals surface area contributed by atoms with Gasteiger partial charge < -0.3 is 14.2 Å². The van der Waals surface area contributed by atoms with E-state index in [2.05, 4.69) is 11.2 Å². The average molecular weight is 342 g/mol. The molecule has 25 heavy (non-hydrogen) atoms. The van der Waals surface area contributed by atoms with Crippen LogP contribution < -0.4 is 4.74 Å². The molecule has 4 rings (SSSR count). The van der Waals surface area contributed by atoms with E-state index in [0.29, 0.717) is 18.9 Å². The Morgan fingerprint density at radius 2 is 2.28 bits per heavy atom. The van der Waals surface area contributed by atoms with E-state index in [-0.39, 0.29) is 12.0 Å². The highest BCUT2D eigenvalue weighted by molar-refractivity contribution is 5.88. The van der Waals surface area contributed by atoms with Gasteiger partial charge in [0, 0.05) is 18.6 Å². The summed E-state index contributed by atoms with van der Waals surface area (Å²) in [6, 6.07) is 8.11. The predicted molar refractivity (Wildman–Crippen MR) is 91.9 cm³/mol. The molecule has 1 fully saturated rings. The van der Waals surface area contributed by atoms with Gasteiger partial charge in [-0.25, -0.2) is 4.79 Å². The summed E-state index contributed by atoms with van der Waals surface area (Å²) in [6.07, 6.45) is 2.90. The van der Waals surface area contributed by atoms with Gasteiger partial charge in [-0.3, -0.25) is 4.68 Å². The van der Waals surface area contributed by atoms with Crippen LogP contribution in [0.2, 0.25) is 0 Å². The van der Waals surface area contributed by atoms with E-state index in [1.165, 1.54) is 5.56 Å². The number of aromatic nitrogens is 2. The Bertz CT molecular complexity index is 778. The minimum atomic E-state index is -0.385. The molecule has 2 aromatic rings. The van der Waals surface area contributed by atoms with Crippen molar-refractivity contribution in [3.8, 4) is 17.0 Å². The third-order valence-corrected chi connectivity index (χ3v) is 4.69. The summed E-state index contributed by atoms with van der Waals surface area (Å²) in [5.74, 6) is 0.560. The smallest absolute Gasteiger partial charge is 0.358 e. The summed E-state index contributed by atoms with van der Waals surface area (Å²) < 4.78 is 18.3. The van der Waals surface area contributed by atoms with Gasteiger partial charge >= 0.3 is 5.97 Å². The molecule has 0 bridgehead atoms. The van der Waals surface area contributed by atoms with E-state index in [1.54, 1.807) is 6.92 Å². The van der Waals surface area contributed by atoms with E-state index >= 15 is 0 Å². The van der Waals surface area contributed by atoms with Crippen molar-refractivity contribution in [3.05, 3.63) is 35.5 Å². The first-order valence-corrected chi connectivity index (χ1v) is 8.87. The minimum Gasteiger partial charge on any atom is -0.493 e. The lowest BCUT2D eigenvalue weighted by Gasteiger charge is -2.24. The average Bonchev–Trinajstić information content (AvgIpc) is 3.29. The van der Waals surface area contributed by atoms with Crippen LogP contribution in [0.15, 0.2) is 24.3 Å². The molecular weight excluding hydrogens is 320 g/mol. The molecule has 6 heteroatoms. The molecule has 2 aliphatic rings. The summed E-state index contributed by atoms with van der Waals surface area (Å²) in [5.41, 5.74) is 3.51. The highest BCUT2D eigenvalue weighted by Crippen LogP contribution is 2.33. The maximum atomic E-state index is 12.2. The fraction of sp³-hybridized carbons (Fsp3) is 0.474. The number of benzene rings is 1. The predicted octanol–water partition coefficient (Wildman–Crippen LogP) is 3.01. The van der Waals surface area contributed by atoms with Gasteiger partial charge in [0.2, 0.25) is 0 Å². The first-order chi connectivity index (χ1) is 12.3. The molecule has 0 radical (unpaired) electrons. The number of rotatable bonds is 4. The lowest BCUT2D eigenvalue weighted by atomic mass is 10.0. The highest BCUT2D eigenvalue weighted by Gasteiger charge is 2.24. The molecular formula is C19H22N2O4. The summed E-state index contributed by atoms with van der Waals surface area (Å²) in [7, 11) is 0. The van der Waals surface area contributed by atoms with Crippen molar-refractivity contribution in [1.29, 1.82) is 0 Å². The van der Waals surface area contributed by atoms with E-state index < -0.39 is 0 Å². The van der Waals surface area contributed by atoms with Crippen molar-refractivity contribution < 1.29 is 19.0 Å². The molecule has 1 atom stereocenters. The zero-order valence-corrected chi connectivity index (χ0v) is 14.4. The van der Waals surface area contributed by atoms with Crippen LogP contribution >= 0.6 is 0 Å². The molecule has 1 aromatic heterocycles. The number of hydrogen-bond acceptors (Lipinski definition) is 5. The third kappa shape index (κ3) is 3.14. The van der Waals surface area contributed by atoms with Crippen molar-refractivity contribution in [1.82, 2.24) is 9.78 Å². The van der Waals surface area contributed by atoms with Gasteiger partial charge in [0.05, 0.1) is 31.6 Å². The maximum absolute atomic E-state index is 12.2. The van der Waals surface area contributed by atoms with Crippen LogP contribution in [0.1, 0.15) is 41.9 Å². The zero-order valence-electron chi connectivity index (χ0n) is 14.4. The van der Waals surface area contributed by atoms with Crippen LogP contribution in [0.25, 0.3) is 11.3 Å². The van der Waals surface area contributed by atoms with Crippen molar-refractivity contribution in [3.63, 3.8) is 0 Å². The number of fused-ring (bicyclic) bond motifs is 1. The van der Waals surface area contributed by atoms with Crippen LogP contribution in [0, 0.1) is 0 Å². The lowest BCUT2D eigenvalue weighted by Crippen LogP contribution is -2.23. The topological polar surface area (TPSA) is 62.6 Å². The van der Waals surface area contributed by atoms with Crippen molar-refractivity contribution >= 4 is 5.97 Å². The largest absolute Gasteiger partial charge is 0.493 e. The summed E-state index contributed by atoms with van der Waals surface area (Å²) >= 11 is 0. The van der Waals surface area contributed by atoms with Gasteiger partial charge in [0.15, 0.2) is 5.69 Å². The van der Waals surface area contributed by atoms with Crippen molar-refractivity contribution in [2.75, 3.05) is 26.4 Å². The van der Waals surface area contributed by atoms with Gasteiger partial charge in [0.1, 0.15) is 5.75 Å². The fourth-order valence-electron chi connectivity index (χ4n) is 3.46. The Hall–Kier alpha value is -2.34. The van der Waals surface area contributed by atoms with Crippen LogP contribution in [0.5, 0.6) is 5.75 Å². The van der Waals surface area contributed by atoms with E-state index in [1.807, 2.05) is 22.9 Å². The molecule has 6 nitrogen and oxygen atoms in total. The minimum absolute atomic E-state index is 0.136. The Morgan fingerprint density at radius 3 is 3.08 bits per heavy atom. The van der Waals surface area contributed by atoms with Crippen molar-refractivity contribution in [2.24, 2.45) is 0 Å². The Labute approximate surface area is 146 Å². The van der Waals surface area contributed by atoms with Gasteiger partial charge in [-0.2, -0.15) is 5.10 Å². The molecule has 1 unspecified atom stereocenters. The van der Waals surface area contributed by atoms with E-state index in [4.69, 9.17) is 14.2 Å². The highest BCUT2D eigenvalue weighted by atomic mass is 16.5. The molecule has 1 saturated heterocycles. The second-order valence-electron chi connectivity index (χ2n) is 6.37.